The zero-order valence-electron chi connectivity index (χ0n) is 30.8. The Bertz CT molecular complexity index is 1500. The fraction of sp³-hybridized carbons (Fsp3) is 0.538. The van der Waals surface area contributed by atoms with Crippen molar-refractivity contribution in [2.45, 2.75) is 110 Å². The fourth-order valence-electron chi connectivity index (χ4n) is 6.13. The summed E-state index contributed by atoms with van der Waals surface area (Å²) in [6.45, 7) is 8.54. The van der Waals surface area contributed by atoms with E-state index in [2.05, 4.69) is 16.1 Å². The van der Waals surface area contributed by atoms with Crippen molar-refractivity contribution in [3.63, 3.8) is 0 Å². The van der Waals surface area contributed by atoms with Gasteiger partial charge in [-0.25, -0.2) is 5.43 Å². The Hall–Kier alpha value is -4.30. The standard InChI is InChI=1S/C39H56N4O9/c1-24(2)34-37(49)40-32(23-28-13-10-14-29(46)22-28)38(50)43-20-11-15-31(42-43)39(51)52-33(25(3)19-21-44)16-9-7-6-8-12-26(4)35(47)30(36(48)41-34)18-17-27(5)45/h6-10,12-14,19,22,24,27,30-35,42,44-47H,11,15-18,20-21,23H2,1-5H3,(H,40,49)(H,41,48)/t27?,30-,31+,32+,33+,34+,35-/m1/s1. The van der Waals surface area contributed by atoms with Gasteiger partial charge in [-0.15, -0.1) is 0 Å². The number of amides is 3. The molecule has 1 saturated heterocycles. The van der Waals surface area contributed by atoms with Crippen molar-refractivity contribution in [1.82, 2.24) is 21.1 Å². The van der Waals surface area contributed by atoms with E-state index in [4.69, 9.17) is 4.74 Å². The molecular weight excluding hydrogens is 668 g/mol. The summed E-state index contributed by atoms with van der Waals surface area (Å²) in [6.07, 6.45) is 9.14. The van der Waals surface area contributed by atoms with Crippen LogP contribution in [0.2, 0.25) is 0 Å². The van der Waals surface area contributed by atoms with E-state index in [0.717, 1.165) is 0 Å². The highest BCUT2D eigenvalue weighted by atomic mass is 16.5. The van der Waals surface area contributed by atoms with E-state index in [1.165, 1.54) is 17.1 Å². The first-order chi connectivity index (χ1) is 24.7. The second-order valence-corrected chi connectivity index (χ2v) is 14.0. The van der Waals surface area contributed by atoms with Crippen LogP contribution in [-0.2, 0) is 30.3 Å². The van der Waals surface area contributed by atoms with E-state index in [9.17, 15) is 39.6 Å². The van der Waals surface area contributed by atoms with Gasteiger partial charge in [-0.05, 0) is 81.2 Å². The largest absolute Gasteiger partial charge is 0.508 e. The summed E-state index contributed by atoms with van der Waals surface area (Å²) in [5.41, 5.74) is 4.69. The number of rotatable bonds is 8. The number of hydrogen-bond donors (Lipinski definition) is 7. The van der Waals surface area contributed by atoms with E-state index < -0.39 is 72.0 Å². The summed E-state index contributed by atoms with van der Waals surface area (Å²) in [6, 6.07) is 3.20. The van der Waals surface area contributed by atoms with E-state index in [1.807, 2.05) is 0 Å². The number of aliphatic hydroxyl groups is 3. The SMILES string of the molecule is CC(=CCO)[C@@H]1CC=CC=CC=C(C)[C@@H](O)[C@@H](CCC(C)O)C(=O)N[C@@H](C(C)C)C(=O)N[C@@H](Cc2cccc(O)c2)C(=O)N2CCC[C@H](N2)C(=O)O1. The van der Waals surface area contributed by atoms with Crippen LogP contribution in [0.25, 0.3) is 0 Å². The number of fused-ring (bicyclic) bond motifs is 2. The maximum atomic E-state index is 14.2. The zero-order valence-corrected chi connectivity index (χ0v) is 30.8. The number of cyclic esters (lactones) is 1. The van der Waals surface area contributed by atoms with E-state index in [-0.39, 0.29) is 38.2 Å². The van der Waals surface area contributed by atoms with Gasteiger partial charge in [0.05, 0.1) is 24.7 Å². The molecule has 13 nitrogen and oxygen atoms in total. The lowest BCUT2D eigenvalue weighted by atomic mass is 9.89. The number of aliphatic hydroxyl groups excluding tert-OH is 3. The van der Waals surface area contributed by atoms with Crippen LogP contribution < -0.4 is 16.1 Å². The number of ether oxygens (including phenoxy) is 1. The number of benzene rings is 1. The van der Waals surface area contributed by atoms with Gasteiger partial charge in [0.2, 0.25) is 11.8 Å². The molecule has 1 aromatic carbocycles. The minimum atomic E-state index is -1.23. The number of nitrogens with zero attached hydrogens (tertiary/aromatic N) is 1. The number of hydrazine groups is 1. The molecule has 7 N–H and O–H groups in total. The average molecular weight is 725 g/mol. The molecule has 0 aromatic heterocycles. The van der Waals surface area contributed by atoms with Crippen molar-refractivity contribution in [2.24, 2.45) is 11.8 Å². The lowest BCUT2D eigenvalue weighted by molar-refractivity contribution is -0.156. The van der Waals surface area contributed by atoms with Crippen molar-refractivity contribution in [3.05, 3.63) is 77.4 Å². The molecule has 1 fully saturated rings. The Balaban J connectivity index is 2.06. The maximum Gasteiger partial charge on any atom is 0.325 e. The first kappa shape index (κ1) is 42.1. The molecule has 2 heterocycles. The predicted molar refractivity (Wildman–Crippen MR) is 196 cm³/mol. The number of allylic oxidation sites excluding steroid dienone is 4. The third kappa shape index (κ3) is 12.7. The van der Waals surface area contributed by atoms with Gasteiger partial charge in [-0.1, -0.05) is 62.4 Å². The third-order valence-corrected chi connectivity index (χ3v) is 9.28. The van der Waals surface area contributed by atoms with Gasteiger partial charge in [-0.3, -0.25) is 24.2 Å². The van der Waals surface area contributed by atoms with E-state index in [1.54, 1.807) is 83.2 Å². The molecule has 1 unspecified atom stereocenters. The number of hydrogen-bond acceptors (Lipinski definition) is 10. The number of phenolic OH excluding ortho intramolecular Hbond substituents is 1. The Morgan fingerprint density at radius 3 is 2.50 bits per heavy atom. The monoisotopic (exact) mass is 724 g/mol. The highest BCUT2D eigenvalue weighted by Gasteiger charge is 2.37. The van der Waals surface area contributed by atoms with Crippen LogP contribution >= 0.6 is 0 Å². The normalized spacial score (nSPS) is 26.8. The highest BCUT2D eigenvalue weighted by Crippen LogP contribution is 2.22. The van der Waals surface area contributed by atoms with Crippen LogP contribution in [0.5, 0.6) is 5.75 Å². The van der Waals surface area contributed by atoms with Crippen LogP contribution in [0.1, 0.15) is 72.3 Å². The summed E-state index contributed by atoms with van der Waals surface area (Å²) < 4.78 is 5.89. The molecule has 1 aromatic rings. The topological polar surface area (TPSA) is 198 Å². The molecular formula is C39H56N4O9. The van der Waals surface area contributed by atoms with Gasteiger partial charge in [0.25, 0.3) is 5.91 Å². The van der Waals surface area contributed by atoms with Crippen molar-refractivity contribution < 1.29 is 44.3 Å². The van der Waals surface area contributed by atoms with Crippen molar-refractivity contribution >= 4 is 23.7 Å². The molecule has 2 bridgehead atoms. The van der Waals surface area contributed by atoms with Gasteiger partial charge in [0.15, 0.2) is 0 Å². The number of carbonyl (C=O) groups excluding carboxylic acids is 4. The molecule has 2 aliphatic heterocycles. The molecule has 2 aliphatic rings. The van der Waals surface area contributed by atoms with Gasteiger partial charge >= 0.3 is 5.97 Å². The fourth-order valence-corrected chi connectivity index (χ4v) is 6.13. The van der Waals surface area contributed by atoms with Crippen molar-refractivity contribution in [1.29, 1.82) is 0 Å². The number of nitrogens with one attached hydrogen (secondary N) is 3. The Morgan fingerprint density at radius 1 is 1.08 bits per heavy atom. The first-order valence-electron chi connectivity index (χ1n) is 18.0. The second kappa shape index (κ2) is 20.7. The lowest BCUT2D eigenvalue weighted by Crippen LogP contribution is -2.62. The van der Waals surface area contributed by atoms with Crippen LogP contribution in [0.3, 0.4) is 0 Å². The van der Waals surface area contributed by atoms with Crippen molar-refractivity contribution in [3.8, 4) is 5.75 Å². The van der Waals surface area contributed by atoms with Crippen LogP contribution in [0.15, 0.2) is 71.9 Å². The molecule has 286 valence electrons. The molecule has 0 aliphatic carbocycles. The lowest BCUT2D eigenvalue weighted by Gasteiger charge is -2.36. The van der Waals surface area contributed by atoms with Gasteiger partial charge < -0.3 is 35.8 Å². The quantitative estimate of drug-likeness (QED) is 0.155. The molecule has 0 saturated carbocycles. The second-order valence-electron chi connectivity index (χ2n) is 14.0. The van der Waals surface area contributed by atoms with Gasteiger partial charge in [0, 0.05) is 19.4 Å². The van der Waals surface area contributed by atoms with E-state index >= 15 is 0 Å². The molecule has 13 heteroatoms. The highest BCUT2D eigenvalue weighted by molar-refractivity contribution is 5.93. The number of phenols is 1. The number of carbonyl (C=O) groups is 4. The molecule has 0 spiro atoms. The van der Waals surface area contributed by atoms with Crippen LogP contribution in [-0.4, -0.2) is 98.7 Å². The smallest absolute Gasteiger partial charge is 0.325 e. The van der Waals surface area contributed by atoms with Gasteiger partial charge in [-0.2, -0.15) is 0 Å². The Kier molecular flexibility index (Phi) is 16.7. The minimum Gasteiger partial charge on any atom is -0.508 e. The molecule has 0 radical (unpaired) electrons. The molecule has 3 amide bonds. The third-order valence-electron chi connectivity index (χ3n) is 9.28. The maximum absolute atomic E-state index is 14.2. The molecule has 52 heavy (non-hydrogen) atoms. The number of aromatic hydroxyl groups is 1. The summed E-state index contributed by atoms with van der Waals surface area (Å²) in [5.74, 6) is -3.73. The van der Waals surface area contributed by atoms with Crippen LogP contribution in [0.4, 0.5) is 0 Å². The molecule has 3 rings (SSSR count). The zero-order chi connectivity index (χ0) is 38.4. The predicted octanol–water partition coefficient (Wildman–Crippen LogP) is 2.51. The summed E-state index contributed by atoms with van der Waals surface area (Å²) in [7, 11) is 0. The Labute approximate surface area is 306 Å². The number of esters is 1. The summed E-state index contributed by atoms with van der Waals surface area (Å²) in [4.78, 5) is 55.4. The van der Waals surface area contributed by atoms with E-state index in [0.29, 0.717) is 36.0 Å². The Morgan fingerprint density at radius 2 is 1.83 bits per heavy atom. The summed E-state index contributed by atoms with van der Waals surface area (Å²) in [5, 5.41) is 47.9. The van der Waals surface area contributed by atoms with Gasteiger partial charge in [0.1, 0.15) is 30.0 Å². The summed E-state index contributed by atoms with van der Waals surface area (Å²) >= 11 is 0. The van der Waals surface area contributed by atoms with Crippen molar-refractivity contribution in [2.75, 3.05) is 13.2 Å². The molecule has 7 atom stereocenters. The average Bonchev–Trinajstić information content (AvgIpc) is 3.10. The minimum absolute atomic E-state index is 0.00216. The van der Waals surface area contributed by atoms with Crippen LogP contribution in [0, 0.1) is 11.8 Å². The first-order valence-corrected chi connectivity index (χ1v) is 18.0.